The van der Waals surface area contributed by atoms with Gasteiger partial charge in [0.25, 0.3) is 0 Å². The lowest BCUT2D eigenvalue weighted by Crippen LogP contribution is -2.54. The van der Waals surface area contributed by atoms with E-state index in [1.807, 2.05) is 0 Å². The topological polar surface area (TPSA) is 57.2 Å². The average molecular weight is 144 g/mol. The first-order chi connectivity index (χ1) is 4.74. The van der Waals surface area contributed by atoms with Crippen molar-refractivity contribution in [3.63, 3.8) is 0 Å². The van der Waals surface area contributed by atoms with Gasteiger partial charge in [0.1, 0.15) is 0 Å². The lowest BCUT2D eigenvalue weighted by Gasteiger charge is -2.33. The van der Waals surface area contributed by atoms with Crippen molar-refractivity contribution in [3.05, 3.63) is 0 Å². The molecule has 4 fully saturated rings. The molecule has 0 aliphatic carbocycles. The van der Waals surface area contributed by atoms with Crippen molar-refractivity contribution in [2.75, 3.05) is 6.61 Å². The monoisotopic (exact) mass is 144 g/mol. The minimum absolute atomic E-state index is 0.406. The van der Waals surface area contributed by atoms with Gasteiger partial charge in [-0.25, -0.2) is 0 Å². The molecule has 4 saturated heterocycles. The molecule has 54 valence electrons. The molecule has 4 rings (SSSR count). The van der Waals surface area contributed by atoms with Crippen LogP contribution in [0.25, 0.3) is 0 Å². The predicted molar refractivity (Wildman–Crippen MR) is 27.3 cm³/mol. The quantitative estimate of drug-likeness (QED) is 0.433. The summed E-state index contributed by atoms with van der Waals surface area (Å²) in [5.41, 5.74) is 0. The summed E-state index contributed by atoms with van der Waals surface area (Å²) in [7, 11) is -0.717. The van der Waals surface area contributed by atoms with E-state index >= 15 is 0 Å². The van der Waals surface area contributed by atoms with Gasteiger partial charge >= 0.3 is 13.3 Å². The number of hydrogen-bond acceptors (Lipinski definition) is 5. The molecule has 0 aromatic heterocycles. The molecule has 0 aromatic carbocycles. The Balaban J connectivity index is 2.07. The highest BCUT2D eigenvalue weighted by atomic mass is 17.0. The molecule has 4 aliphatic rings. The zero-order valence-electron chi connectivity index (χ0n) is 5.07. The van der Waals surface area contributed by atoms with Crippen LogP contribution in [0, 0.1) is 0 Å². The highest BCUT2D eigenvalue weighted by molar-refractivity contribution is 6.40. The summed E-state index contributed by atoms with van der Waals surface area (Å²) in [5, 5.41) is 9.44. The highest BCUT2D eigenvalue weighted by Gasteiger charge is 2.78. The van der Waals surface area contributed by atoms with Crippen LogP contribution in [0.5, 0.6) is 0 Å². The molecule has 10 heavy (non-hydrogen) atoms. The largest absolute Gasteiger partial charge is 0.648 e. The van der Waals surface area contributed by atoms with Crippen molar-refractivity contribution in [3.8, 4) is 0 Å². The van der Waals surface area contributed by atoms with Crippen LogP contribution < -0.4 is 0 Å². The Bertz CT molecular complexity index is 179. The smallest absolute Gasteiger partial charge is 0.351 e. The van der Waals surface area contributed by atoms with Crippen molar-refractivity contribution in [1.29, 1.82) is 0 Å². The summed E-state index contributed by atoms with van der Waals surface area (Å²) >= 11 is 0. The predicted octanol–water partition coefficient (Wildman–Crippen LogP) is -1.19. The molecule has 1 unspecified atom stereocenters. The van der Waals surface area contributed by atoms with Crippen LogP contribution in [0.2, 0.25) is 0 Å². The Morgan fingerprint density at radius 1 is 1.30 bits per heavy atom. The zero-order chi connectivity index (χ0) is 6.82. The van der Waals surface area contributed by atoms with E-state index in [1.54, 1.807) is 0 Å². The Hall–Kier alpha value is -0.135. The fourth-order valence-electron chi connectivity index (χ4n) is 1.48. The summed E-state index contributed by atoms with van der Waals surface area (Å²) in [5.74, 6) is -2.63. The molecule has 0 radical (unpaired) electrons. The third-order valence-electron chi connectivity index (χ3n) is 2.04. The first-order valence-corrected chi connectivity index (χ1v) is 3.14. The number of aliphatic hydroxyl groups is 1. The van der Waals surface area contributed by atoms with Gasteiger partial charge < -0.3 is 23.8 Å². The molecular weight excluding hydrogens is 139 g/mol. The van der Waals surface area contributed by atoms with E-state index in [2.05, 4.69) is 0 Å². The van der Waals surface area contributed by atoms with Gasteiger partial charge in [0, 0.05) is 6.42 Å². The maximum atomic E-state index is 9.44. The van der Waals surface area contributed by atoms with Crippen molar-refractivity contribution in [2.24, 2.45) is 0 Å². The molecule has 1 N–H and O–H groups in total. The molecule has 2 bridgehead atoms. The van der Waals surface area contributed by atoms with Gasteiger partial charge in [-0.2, -0.15) is 0 Å². The van der Waals surface area contributed by atoms with E-state index in [0.29, 0.717) is 13.0 Å². The number of rotatable bonds is 0. The third-order valence-corrected chi connectivity index (χ3v) is 2.04. The Morgan fingerprint density at radius 3 is 2.80 bits per heavy atom. The Kier molecular flexibility index (Phi) is 0.694. The lowest BCUT2D eigenvalue weighted by atomic mass is 10.1. The number of ether oxygens (including phenoxy) is 1. The molecule has 0 saturated carbocycles. The van der Waals surface area contributed by atoms with Gasteiger partial charge in [-0.3, -0.25) is 0 Å². The summed E-state index contributed by atoms with van der Waals surface area (Å²) in [6, 6.07) is 0. The third kappa shape index (κ3) is 0.365. The van der Waals surface area contributed by atoms with E-state index in [-0.39, 0.29) is 0 Å². The molecule has 1 spiro atoms. The van der Waals surface area contributed by atoms with Gasteiger partial charge in [0.2, 0.25) is 5.79 Å². The molecule has 0 aromatic rings. The van der Waals surface area contributed by atoms with Gasteiger partial charge in [-0.15, -0.1) is 0 Å². The molecule has 1 atom stereocenters. The average Bonchev–Trinajstić information content (AvgIpc) is 2.19. The second-order valence-electron chi connectivity index (χ2n) is 2.58. The summed E-state index contributed by atoms with van der Waals surface area (Å²) in [4.78, 5) is 0. The summed E-state index contributed by atoms with van der Waals surface area (Å²) < 4.78 is 19.8. The van der Waals surface area contributed by atoms with E-state index in [0.717, 1.165) is 0 Å². The van der Waals surface area contributed by atoms with Crippen LogP contribution >= 0.6 is 0 Å². The maximum Gasteiger partial charge on any atom is 0.648 e. The Morgan fingerprint density at radius 2 is 2.10 bits per heavy atom. The van der Waals surface area contributed by atoms with Crippen molar-refractivity contribution < 1.29 is 23.8 Å². The molecule has 0 amide bonds. The van der Waals surface area contributed by atoms with Crippen molar-refractivity contribution >= 4 is 7.32 Å². The lowest BCUT2D eigenvalue weighted by molar-refractivity contribution is -0.357. The fourth-order valence-corrected chi connectivity index (χ4v) is 1.48. The van der Waals surface area contributed by atoms with E-state index in [4.69, 9.17) is 18.7 Å². The van der Waals surface area contributed by atoms with Gasteiger partial charge in [0.05, 0.1) is 6.61 Å². The van der Waals surface area contributed by atoms with Crippen molar-refractivity contribution in [1.82, 2.24) is 0 Å². The molecule has 4 heterocycles. The standard InChI is InChI=1S/C4H5BO5/c6-4-3(1-2-7-4)8-5(9-3)10-4/h6H,1-2H2. The van der Waals surface area contributed by atoms with E-state index in [9.17, 15) is 5.11 Å². The van der Waals surface area contributed by atoms with Gasteiger partial charge in [-0.1, -0.05) is 0 Å². The van der Waals surface area contributed by atoms with Crippen LogP contribution in [0.4, 0.5) is 0 Å². The molecule has 6 heteroatoms. The minimum Gasteiger partial charge on any atom is -0.351 e. The second-order valence-corrected chi connectivity index (χ2v) is 2.58. The SMILES string of the molecule is OC12OCCC13OB(O2)O3. The van der Waals surface area contributed by atoms with Crippen LogP contribution in [-0.4, -0.2) is 30.8 Å². The van der Waals surface area contributed by atoms with Crippen LogP contribution in [0.15, 0.2) is 0 Å². The van der Waals surface area contributed by atoms with E-state index < -0.39 is 19.1 Å². The maximum absolute atomic E-state index is 9.44. The first kappa shape index (κ1) is 5.51. The highest BCUT2D eigenvalue weighted by Crippen LogP contribution is 2.53. The summed E-state index contributed by atoms with van der Waals surface area (Å²) in [6.07, 6.45) is 0.528. The molecule has 5 nitrogen and oxygen atoms in total. The first-order valence-electron chi connectivity index (χ1n) is 3.14. The van der Waals surface area contributed by atoms with Crippen LogP contribution in [0.1, 0.15) is 6.42 Å². The van der Waals surface area contributed by atoms with Gasteiger partial charge in [0.15, 0.2) is 0 Å². The van der Waals surface area contributed by atoms with Crippen molar-refractivity contribution in [2.45, 2.75) is 18.2 Å². The second kappa shape index (κ2) is 1.26. The molecular formula is C4H5BO5. The normalized spacial score (nSPS) is 56.7. The zero-order valence-corrected chi connectivity index (χ0v) is 5.07. The Labute approximate surface area is 57.0 Å². The van der Waals surface area contributed by atoms with Gasteiger partial charge in [-0.05, 0) is 0 Å². The fraction of sp³-hybridized carbons (Fsp3) is 1.00. The van der Waals surface area contributed by atoms with E-state index in [1.165, 1.54) is 0 Å². The summed E-state index contributed by atoms with van der Waals surface area (Å²) in [6.45, 7) is 0.406. The number of hydrogen-bond donors (Lipinski definition) is 1. The van der Waals surface area contributed by atoms with Crippen LogP contribution in [0.3, 0.4) is 0 Å². The molecule has 4 aliphatic heterocycles. The van der Waals surface area contributed by atoms with Crippen LogP contribution in [-0.2, 0) is 18.7 Å². The minimum atomic E-state index is -1.63.